The number of benzene rings is 2. The number of guanidine groups is 1. The Morgan fingerprint density at radius 1 is 1.21 bits per heavy atom. The number of rotatable bonds is 6. The van der Waals surface area contributed by atoms with Gasteiger partial charge >= 0.3 is 0 Å². The first-order chi connectivity index (χ1) is 16.3. The summed E-state index contributed by atoms with van der Waals surface area (Å²) in [6.45, 7) is 4.52. The molecule has 0 bridgehead atoms. The molecule has 180 valence electrons. The van der Waals surface area contributed by atoms with Crippen molar-refractivity contribution in [2.75, 3.05) is 32.4 Å². The monoisotopic (exact) mass is 487 g/mol. The Hall–Kier alpha value is -3.28. The highest BCUT2D eigenvalue weighted by atomic mass is 32.2. The smallest absolute Gasteiger partial charge is 0.285 e. The van der Waals surface area contributed by atoms with E-state index in [1.54, 1.807) is 12.1 Å². The Morgan fingerprint density at radius 2 is 1.94 bits per heavy atom. The molecule has 9 nitrogen and oxygen atoms in total. The van der Waals surface area contributed by atoms with Crippen LogP contribution in [0.4, 0.5) is 10.3 Å². The Bertz CT molecular complexity index is 1260. The second-order valence-electron chi connectivity index (χ2n) is 7.98. The van der Waals surface area contributed by atoms with Gasteiger partial charge < -0.3 is 14.7 Å². The molecule has 1 saturated heterocycles. The zero-order chi connectivity index (χ0) is 24.1. The summed E-state index contributed by atoms with van der Waals surface area (Å²) in [5.74, 6) is -0.211. The third-order valence-corrected chi connectivity index (χ3v) is 5.84. The van der Waals surface area contributed by atoms with Gasteiger partial charge in [-0.05, 0) is 17.2 Å². The predicted octanol–water partition coefficient (Wildman–Crippen LogP) is 3.01. The third-order valence-electron chi connectivity index (χ3n) is 5.45. The summed E-state index contributed by atoms with van der Waals surface area (Å²) in [6.07, 6.45) is 0.936. The molecular weight excluding hydrogens is 461 g/mol. The van der Waals surface area contributed by atoms with Crippen LogP contribution < -0.4 is 10.8 Å². The van der Waals surface area contributed by atoms with E-state index in [4.69, 9.17) is 8.81 Å². The molecule has 11 heteroatoms. The van der Waals surface area contributed by atoms with Crippen molar-refractivity contribution in [2.45, 2.75) is 12.8 Å². The zero-order valence-corrected chi connectivity index (χ0v) is 19.7. The molecule has 1 aromatic heterocycles. The Kier molecular flexibility index (Phi) is 7.25. The Labute approximate surface area is 197 Å². The van der Waals surface area contributed by atoms with Crippen molar-refractivity contribution in [3.63, 3.8) is 0 Å². The summed E-state index contributed by atoms with van der Waals surface area (Å²) < 4.78 is 47.8. The number of hydroxylamine groups is 1. The average Bonchev–Trinajstić information content (AvgIpc) is 3.30. The van der Waals surface area contributed by atoms with Crippen LogP contribution in [0.25, 0.3) is 11.1 Å². The molecule has 1 fully saturated rings. The maximum absolute atomic E-state index is 14.8. The van der Waals surface area contributed by atoms with Crippen LogP contribution in [0.15, 0.2) is 64.1 Å². The molecule has 0 amide bonds. The summed E-state index contributed by atoms with van der Waals surface area (Å²) in [7, 11) is -3.74. The van der Waals surface area contributed by atoms with Crippen molar-refractivity contribution in [2.24, 2.45) is 4.99 Å². The number of halogens is 1. The molecule has 34 heavy (non-hydrogen) atoms. The Balaban J connectivity index is 1.55. The first-order valence-corrected chi connectivity index (χ1v) is 12.6. The van der Waals surface area contributed by atoms with Crippen LogP contribution in [-0.2, 0) is 14.4 Å². The van der Waals surface area contributed by atoms with Gasteiger partial charge in [-0.15, -0.1) is 4.28 Å². The van der Waals surface area contributed by atoms with E-state index in [2.05, 4.69) is 20.9 Å². The Morgan fingerprint density at radius 3 is 2.62 bits per heavy atom. The second kappa shape index (κ2) is 10.3. The van der Waals surface area contributed by atoms with Gasteiger partial charge in [-0.2, -0.15) is 13.4 Å². The normalized spacial score (nSPS) is 15.9. The molecule has 0 saturated carbocycles. The predicted molar refractivity (Wildman–Crippen MR) is 126 cm³/mol. The van der Waals surface area contributed by atoms with Gasteiger partial charge in [0, 0.05) is 43.7 Å². The van der Waals surface area contributed by atoms with E-state index < -0.39 is 10.1 Å². The molecule has 0 spiro atoms. The number of aliphatic imine (C=N–C) groups is 1. The third kappa shape index (κ3) is 5.99. The van der Waals surface area contributed by atoms with Crippen LogP contribution in [0.1, 0.15) is 24.1 Å². The largest absolute Gasteiger partial charge is 0.338 e. The zero-order valence-electron chi connectivity index (χ0n) is 18.9. The van der Waals surface area contributed by atoms with E-state index in [0.717, 1.165) is 17.4 Å². The highest BCUT2D eigenvalue weighted by Crippen LogP contribution is 2.30. The minimum Gasteiger partial charge on any atom is -0.338 e. The van der Waals surface area contributed by atoms with Crippen LogP contribution in [0.3, 0.4) is 0 Å². The van der Waals surface area contributed by atoms with Crippen molar-refractivity contribution >= 4 is 22.0 Å². The fourth-order valence-electron chi connectivity index (χ4n) is 3.61. The molecule has 1 aliphatic heterocycles. The van der Waals surface area contributed by atoms with Gasteiger partial charge in [-0.25, -0.2) is 9.87 Å². The average molecular weight is 488 g/mol. The topological polar surface area (TPSA) is 109 Å². The lowest BCUT2D eigenvalue weighted by Gasteiger charge is -2.29. The number of nitrogens with zero attached hydrogens (tertiary/aromatic N) is 3. The number of nitrogens with one attached hydrogen (secondary N) is 2. The van der Waals surface area contributed by atoms with Gasteiger partial charge in [0.05, 0.1) is 11.9 Å². The molecule has 2 N–H and O–H groups in total. The van der Waals surface area contributed by atoms with E-state index in [1.165, 1.54) is 6.07 Å². The van der Waals surface area contributed by atoms with Crippen LogP contribution >= 0.6 is 0 Å². The highest BCUT2D eigenvalue weighted by Gasteiger charge is 2.20. The first-order valence-electron chi connectivity index (χ1n) is 10.8. The van der Waals surface area contributed by atoms with Gasteiger partial charge in [0.25, 0.3) is 16.0 Å². The molecule has 2 aromatic carbocycles. The minimum absolute atomic E-state index is 0.168. The molecule has 1 unspecified atom stereocenters. The molecular formula is C23H26FN5O4S. The molecule has 2 heterocycles. The van der Waals surface area contributed by atoms with Crippen LogP contribution in [0.5, 0.6) is 0 Å². The van der Waals surface area contributed by atoms with E-state index >= 15 is 0 Å². The van der Waals surface area contributed by atoms with Crippen molar-refractivity contribution in [3.8, 4) is 11.1 Å². The van der Waals surface area contributed by atoms with Gasteiger partial charge in [0.2, 0.25) is 5.96 Å². The van der Waals surface area contributed by atoms with Crippen molar-refractivity contribution in [3.05, 3.63) is 71.7 Å². The maximum atomic E-state index is 14.8. The van der Waals surface area contributed by atoms with Gasteiger partial charge in [-0.3, -0.25) is 0 Å². The number of hydrogen-bond donors (Lipinski definition) is 2. The second-order valence-corrected chi connectivity index (χ2v) is 9.55. The van der Waals surface area contributed by atoms with Crippen LogP contribution in [0, 0.1) is 5.82 Å². The number of aromatic nitrogens is 1. The highest BCUT2D eigenvalue weighted by molar-refractivity contribution is 7.85. The quantitative estimate of drug-likeness (QED) is 0.310. The summed E-state index contributed by atoms with van der Waals surface area (Å²) >= 11 is 0. The van der Waals surface area contributed by atoms with Gasteiger partial charge in [0.1, 0.15) is 5.82 Å². The fraction of sp³-hybridized carbons (Fsp3) is 0.304. The summed E-state index contributed by atoms with van der Waals surface area (Å²) in [5, 5.41) is 7.30. The lowest BCUT2D eigenvalue weighted by molar-refractivity contribution is 0.236. The van der Waals surface area contributed by atoms with Crippen molar-refractivity contribution in [1.29, 1.82) is 0 Å². The van der Waals surface area contributed by atoms with E-state index in [1.807, 2.05) is 48.2 Å². The van der Waals surface area contributed by atoms with Crippen LogP contribution in [0.2, 0.25) is 0 Å². The summed E-state index contributed by atoms with van der Waals surface area (Å²) in [4.78, 5) is 6.20. The number of hydrogen-bond acceptors (Lipinski definition) is 7. The lowest BCUT2D eigenvalue weighted by atomic mass is 9.95. The molecule has 3 aromatic rings. The number of piperazine rings is 1. The summed E-state index contributed by atoms with van der Waals surface area (Å²) in [6, 6.07) is 16.1. The van der Waals surface area contributed by atoms with E-state index in [0.29, 0.717) is 37.4 Å². The fourth-order valence-corrected chi connectivity index (χ4v) is 3.84. The molecule has 1 aliphatic rings. The molecule has 0 radical (unpaired) electrons. The SMILES string of the molecule is CC(c1ccc(-c2ccccc2)c(F)c1)c1cc(N=C(NOS(C)(=O)=O)N2CCNCC2)on1. The van der Waals surface area contributed by atoms with E-state index in [9.17, 15) is 12.8 Å². The van der Waals surface area contributed by atoms with Crippen molar-refractivity contribution < 1.29 is 21.6 Å². The van der Waals surface area contributed by atoms with Gasteiger partial charge in [-0.1, -0.05) is 54.5 Å². The lowest BCUT2D eigenvalue weighted by Crippen LogP contribution is -2.51. The minimum atomic E-state index is -3.74. The molecule has 0 aliphatic carbocycles. The first kappa shape index (κ1) is 23.9. The van der Waals surface area contributed by atoms with Crippen molar-refractivity contribution in [1.82, 2.24) is 20.9 Å². The van der Waals surface area contributed by atoms with E-state index in [-0.39, 0.29) is 23.6 Å². The molecule has 1 atom stereocenters. The summed E-state index contributed by atoms with van der Waals surface area (Å²) in [5.41, 5.74) is 5.04. The van der Waals surface area contributed by atoms with Crippen LogP contribution in [-0.4, -0.2) is 56.9 Å². The standard InChI is InChI=1S/C23H26FN5O4S/c1-16(18-8-9-19(20(24)14-18)17-6-4-3-5-7-17)21-15-22(32-27-21)26-23(28-33-34(2,30)31)29-12-10-25-11-13-29/h3-9,14-16,25H,10-13H2,1-2H3,(H,26,28). The van der Waals surface area contributed by atoms with Gasteiger partial charge in [0.15, 0.2) is 0 Å². The maximum Gasteiger partial charge on any atom is 0.285 e. The molecule has 4 rings (SSSR count).